The Bertz CT molecular complexity index is 876. The van der Waals surface area contributed by atoms with Crippen molar-refractivity contribution < 1.29 is 27.4 Å². The van der Waals surface area contributed by atoms with E-state index in [9.17, 15) is 18.0 Å². The molecule has 1 N–H and O–H groups in total. The molecule has 1 aliphatic heterocycles. The van der Waals surface area contributed by atoms with Gasteiger partial charge in [-0.1, -0.05) is 0 Å². The van der Waals surface area contributed by atoms with Gasteiger partial charge in [-0.15, -0.1) is 0 Å². The summed E-state index contributed by atoms with van der Waals surface area (Å²) in [5, 5.41) is 2.85. The van der Waals surface area contributed by atoms with Crippen LogP contribution in [0.1, 0.15) is 18.9 Å². The summed E-state index contributed by atoms with van der Waals surface area (Å²) in [7, 11) is 0. The number of alkyl halides is 3. The molecular weight excluding hydrogens is 437 g/mol. The van der Waals surface area contributed by atoms with Crippen LogP contribution in [-0.4, -0.2) is 68.3 Å². The molecule has 33 heavy (non-hydrogen) atoms. The first-order chi connectivity index (χ1) is 15.8. The van der Waals surface area contributed by atoms with Crippen LogP contribution in [0.5, 0.6) is 11.5 Å². The molecule has 0 bridgehead atoms. The summed E-state index contributed by atoms with van der Waals surface area (Å²) >= 11 is 0. The maximum Gasteiger partial charge on any atom is 0.417 e. The number of halogens is 3. The predicted molar refractivity (Wildman–Crippen MR) is 119 cm³/mol. The van der Waals surface area contributed by atoms with Gasteiger partial charge in [0.05, 0.1) is 25.3 Å². The molecule has 0 aliphatic carbocycles. The van der Waals surface area contributed by atoms with Crippen LogP contribution in [0.15, 0.2) is 42.6 Å². The Labute approximate surface area is 191 Å². The van der Waals surface area contributed by atoms with Crippen LogP contribution in [0.2, 0.25) is 0 Å². The third kappa shape index (κ3) is 7.81. The van der Waals surface area contributed by atoms with Gasteiger partial charge in [-0.25, -0.2) is 4.98 Å². The van der Waals surface area contributed by atoms with Crippen molar-refractivity contribution in [1.29, 1.82) is 0 Å². The minimum absolute atomic E-state index is 0.0913. The number of carbonyl (C=O) groups excluding carboxylic acids is 1. The number of aromatic nitrogens is 1. The number of nitrogens with zero attached hydrogens (tertiary/aromatic N) is 3. The van der Waals surface area contributed by atoms with Crippen LogP contribution >= 0.6 is 0 Å². The van der Waals surface area contributed by atoms with Gasteiger partial charge in [0, 0.05) is 32.4 Å². The van der Waals surface area contributed by atoms with E-state index in [2.05, 4.69) is 10.3 Å². The second kappa shape index (κ2) is 11.7. The zero-order valence-electron chi connectivity index (χ0n) is 18.6. The highest BCUT2D eigenvalue weighted by molar-refractivity contribution is 5.78. The SMILES string of the molecule is CCOc1ccc(OCCNC(=O)CN2CCCN(c3ccc(C(F)(F)F)cn3)CC2)cc1. The number of hydrogen-bond acceptors (Lipinski definition) is 6. The summed E-state index contributed by atoms with van der Waals surface area (Å²) < 4.78 is 49.2. The molecule has 1 fully saturated rings. The molecule has 10 heteroatoms. The maximum atomic E-state index is 12.7. The van der Waals surface area contributed by atoms with Crippen LogP contribution < -0.4 is 19.7 Å². The van der Waals surface area contributed by atoms with Crippen LogP contribution in [0, 0.1) is 0 Å². The minimum Gasteiger partial charge on any atom is -0.494 e. The van der Waals surface area contributed by atoms with Crippen molar-refractivity contribution in [3.05, 3.63) is 48.2 Å². The molecule has 0 saturated carbocycles. The highest BCUT2D eigenvalue weighted by Gasteiger charge is 2.31. The topological polar surface area (TPSA) is 66.9 Å². The largest absolute Gasteiger partial charge is 0.494 e. The van der Waals surface area contributed by atoms with Crippen molar-refractivity contribution in [1.82, 2.24) is 15.2 Å². The Hall–Kier alpha value is -3.01. The number of nitrogens with one attached hydrogen (secondary N) is 1. The molecule has 0 unspecified atom stereocenters. The lowest BCUT2D eigenvalue weighted by molar-refractivity contribution is -0.137. The molecule has 2 aromatic rings. The third-order valence-electron chi connectivity index (χ3n) is 5.18. The standard InChI is InChI=1S/C23H29F3N4O3/c1-2-32-19-5-7-20(8-6-19)33-15-10-27-22(31)17-29-11-3-12-30(14-13-29)21-9-4-18(16-28-21)23(24,25)26/h4-9,16H,2-3,10-15,17H2,1H3,(H,27,31). The second-order valence-corrected chi connectivity index (χ2v) is 7.62. The van der Waals surface area contributed by atoms with Crippen molar-refractivity contribution in [2.45, 2.75) is 19.5 Å². The average molecular weight is 467 g/mol. The molecule has 0 radical (unpaired) electrons. The van der Waals surface area contributed by atoms with Gasteiger partial charge in [-0.2, -0.15) is 13.2 Å². The summed E-state index contributed by atoms with van der Waals surface area (Å²) in [5.41, 5.74) is -0.758. The molecule has 180 valence electrons. The lowest BCUT2D eigenvalue weighted by Gasteiger charge is -2.22. The molecule has 0 atom stereocenters. The lowest BCUT2D eigenvalue weighted by Crippen LogP contribution is -2.40. The van der Waals surface area contributed by atoms with E-state index >= 15 is 0 Å². The third-order valence-corrected chi connectivity index (χ3v) is 5.18. The van der Waals surface area contributed by atoms with Gasteiger partial charge < -0.3 is 19.7 Å². The first-order valence-electron chi connectivity index (χ1n) is 11.0. The molecule has 1 aromatic heterocycles. The second-order valence-electron chi connectivity index (χ2n) is 7.62. The predicted octanol–water partition coefficient (Wildman–Crippen LogP) is 3.21. The number of amides is 1. The number of benzene rings is 1. The number of rotatable bonds is 9. The van der Waals surface area contributed by atoms with E-state index in [0.29, 0.717) is 51.0 Å². The van der Waals surface area contributed by atoms with E-state index in [1.807, 2.05) is 41.0 Å². The molecule has 1 aromatic carbocycles. The zero-order chi connectivity index (χ0) is 23.7. The first kappa shape index (κ1) is 24.6. The van der Waals surface area contributed by atoms with E-state index in [1.54, 1.807) is 0 Å². The first-order valence-corrected chi connectivity index (χ1v) is 11.0. The van der Waals surface area contributed by atoms with Crippen molar-refractivity contribution in [3.8, 4) is 11.5 Å². The van der Waals surface area contributed by atoms with Gasteiger partial charge in [0.1, 0.15) is 23.9 Å². The molecule has 0 spiro atoms. The average Bonchev–Trinajstić information content (AvgIpc) is 3.03. The summed E-state index contributed by atoms with van der Waals surface area (Å²) in [6.45, 7) is 6.15. The van der Waals surface area contributed by atoms with Crippen molar-refractivity contribution in [2.24, 2.45) is 0 Å². The number of hydrogen-bond donors (Lipinski definition) is 1. The Morgan fingerprint density at radius 3 is 2.39 bits per heavy atom. The van der Waals surface area contributed by atoms with Crippen molar-refractivity contribution >= 4 is 11.7 Å². The maximum absolute atomic E-state index is 12.7. The van der Waals surface area contributed by atoms with Crippen molar-refractivity contribution in [2.75, 3.05) is 57.4 Å². The fourth-order valence-corrected chi connectivity index (χ4v) is 3.52. The van der Waals surface area contributed by atoms with E-state index in [1.165, 1.54) is 6.07 Å². The Morgan fingerprint density at radius 1 is 1.03 bits per heavy atom. The van der Waals surface area contributed by atoms with Gasteiger partial charge in [-0.05, 0) is 49.7 Å². The van der Waals surface area contributed by atoms with E-state index in [4.69, 9.17) is 9.47 Å². The van der Waals surface area contributed by atoms with Gasteiger partial charge in [0.15, 0.2) is 0 Å². The van der Waals surface area contributed by atoms with Gasteiger partial charge in [0.25, 0.3) is 0 Å². The molecule has 1 saturated heterocycles. The number of ether oxygens (including phenoxy) is 2. The highest BCUT2D eigenvalue weighted by Crippen LogP contribution is 2.29. The molecule has 2 heterocycles. The minimum atomic E-state index is -4.40. The van der Waals surface area contributed by atoms with E-state index in [0.717, 1.165) is 31.0 Å². The Balaban J connectivity index is 1.37. The Kier molecular flexibility index (Phi) is 8.76. The zero-order valence-corrected chi connectivity index (χ0v) is 18.6. The van der Waals surface area contributed by atoms with E-state index < -0.39 is 11.7 Å². The van der Waals surface area contributed by atoms with Gasteiger partial charge in [0.2, 0.25) is 5.91 Å². The van der Waals surface area contributed by atoms with Gasteiger partial charge in [-0.3, -0.25) is 9.69 Å². The molecule has 1 aliphatic rings. The molecular formula is C23H29F3N4O3. The van der Waals surface area contributed by atoms with Crippen LogP contribution in [0.4, 0.5) is 19.0 Å². The summed E-state index contributed by atoms with van der Waals surface area (Å²) in [5.74, 6) is 1.91. The number of anilines is 1. The highest BCUT2D eigenvalue weighted by atomic mass is 19.4. The molecule has 3 rings (SSSR count). The normalized spacial score (nSPS) is 15.1. The fourth-order valence-electron chi connectivity index (χ4n) is 3.52. The van der Waals surface area contributed by atoms with Crippen LogP contribution in [-0.2, 0) is 11.0 Å². The smallest absolute Gasteiger partial charge is 0.417 e. The summed E-state index contributed by atoms with van der Waals surface area (Å²) in [6, 6.07) is 9.76. The van der Waals surface area contributed by atoms with Gasteiger partial charge >= 0.3 is 6.18 Å². The molecule has 7 nitrogen and oxygen atoms in total. The fraction of sp³-hybridized carbons (Fsp3) is 0.478. The van der Waals surface area contributed by atoms with E-state index in [-0.39, 0.29) is 12.5 Å². The number of carbonyl (C=O) groups is 1. The summed E-state index contributed by atoms with van der Waals surface area (Å²) in [6.07, 6.45) is -2.74. The lowest BCUT2D eigenvalue weighted by atomic mass is 10.2. The van der Waals surface area contributed by atoms with Crippen molar-refractivity contribution in [3.63, 3.8) is 0 Å². The summed E-state index contributed by atoms with van der Waals surface area (Å²) in [4.78, 5) is 20.2. The van der Waals surface area contributed by atoms with Crippen LogP contribution in [0.25, 0.3) is 0 Å². The number of pyridine rings is 1. The quantitative estimate of drug-likeness (QED) is 0.573. The van der Waals surface area contributed by atoms with Crippen LogP contribution in [0.3, 0.4) is 0 Å². The monoisotopic (exact) mass is 466 g/mol. The molecule has 1 amide bonds. The Morgan fingerprint density at radius 2 is 1.76 bits per heavy atom.